The van der Waals surface area contributed by atoms with Crippen LogP contribution in [0.15, 0.2) is 18.2 Å². The van der Waals surface area contributed by atoms with Crippen LogP contribution in [-0.2, 0) is 9.53 Å². The zero-order valence-corrected chi connectivity index (χ0v) is 12.1. The number of hydrogen-bond acceptors (Lipinski definition) is 3. The fourth-order valence-electron chi connectivity index (χ4n) is 1.64. The molecule has 1 N–H and O–H groups in total. The van der Waals surface area contributed by atoms with E-state index in [2.05, 4.69) is 5.32 Å². The summed E-state index contributed by atoms with van der Waals surface area (Å²) in [6.07, 6.45) is 0. The summed E-state index contributed by atoms with van der Waals surface area (Å²) in [4.78, 5) is 11.9. The van der Waals surface area contributed by atoms with Crippen LogP contribution in [0.5, 0.6) is 0 Å². The van der Waals surface area contributed by atoms with E-state index in [1.165, 1.54) is 12.1 Å². The van der Waals surface area contributed by atoms with E-state index < -0.39 is 17.8 Å². The standard InChI is InChI=1S/C14H19ClFNO2/c1-4-19-14(18)13(17-8-9(2)3)10-6-5-7-11(15)12(10)16/h5-7,9,13,17H,4,8H2,1-3H3. The second-order valence-corrected chi connectivity index (χ2v) is 5.04. The molecule has 1 atom stereocenters. The Morgan fingerprint density at radius 3 is 2.74 bits per heavy atom. The van der Waals surface area contributed by atoms with Crippen LogP contribution in [0.25, 0.3) is 0 Å². The molecule has 0 aliphatic heterocycles. The highest BCUT2D eigenvalue weighted by Gasteiger charge is 2.25. The molecule has 0 heterocycles. The Kier molecular flexibility index (Phi) is 6.25. The first-order valence-corrected chi connectivity index (χ1v) is 6.69. The normalized spacial score (nSPS) is 12.5. The third-order valence-electron chi connectivity index (χ3n) is 2.54. The molecule has 0 saturated heterocycles. The van der Waals surface area contributed by atoms with Crippen molar-refractivity contribution in [2.75, 3.05) is 13.2 Å². The van der Waals surface area contributed by atoms with Gasteiger partial charge in [0, 0.05) is 5.56 Å². The van der Waals surface area contributed by atoms with Gasteiger partial charge in [0.15, 0.2) is 0 Å². The van der Waals surface area contributed by atoms with E-state index in [0.717, 1.165) is 0 Å². The van der Waals surface area contributed by atoms with E-state index in [1.807, 2.05) is 13.8 Å². The lowest BCUT2D eigenvalue weighted by atomic mass is 10.1. The maximum absolute atomic E-state index is 14.0. The largest absolute Gasteiger partial charge is 0.465 e. The van der Waals surface area contributed by atoms with Crippen molar-refractivity contribution in [1.82, 2.24) is 5.32 Å². The molecular formula is C14H19ClFNO2. The minimum Gasteiger partial charge on any atom is -0.465 e. The van der Waals surface area contributed by atoms with Gasteiger partial charge in [-0.25, -0.2) is 9.18 Å². The summed E-state index contributed by atoms with van der Waals surface area (Å²) in [6, 6.07) is 3.77. The Morgan fingerprint density at radius 1 is 1.47 bits per heavy atom. The van der Waals surface area contributed by atoms with E-state index in [4.69, 9.17) is 16.3 Å². The quantitative estimate of drug-likeness (QED) is 0.816. The van der Waals surface area contributed by atoms with Gasteiger partial charge >= 0.3 is 5.97 Å². The van der Waals surface area contributed by atoms with Crippen LogP contribution in [-0.4, -0.2) is 19.1 Å². The minimum atomic E-state index is -0.832. The Balaban J connectivity index is 3.00. The van der Waals surface area contributed by atoms with Gasteiger partial charge in [-0.1, -0.05) is 37.6 Å². The molecule has 0 radical (unpaired) electrons. The van der Waals surface area contributed by atoms with Gasteiger partial charge in [-0.15, -0.1) is 0 Å². The first-order chi connectivity index (χ1) is 8.97. The molecule has 0 saturated carbocycles. The lowest BCUT2D eigenvalue weighted by molar-refractivity contribution is -0.146. The number of hydrogen-bond donors (Lipinski definition) is 1. The number of halogens is 2. The molecule has 0 aliphatic carbocycles. The van der Waals surface area contributed by atoms with Crippen LogP contribution in [0.4, 0.5) is 4.39 Å². The monoisotopic (exact) mass is 287 g/mol. The van der Waals surface area contributed by atoms with Gasteiger partial charge in [-0.05, 0) is 25.5 Å². The summed E-state index contributed by atoms with van der Waals surface area (Å²) in [7, 11) is 0. The van der Waals surface area contributed by atoms with Crippen molar-refractivity contribution in [3.05, 3.63) is 34.6 Å². The van der Waals surface area contributed by atoms with E-state index >= 15 is 0 Å². The topological polar surface area (TPSA) is 38.3 Å². The Morgan fingerprint density at radius 2 is 2.16 bits per heavy atom. The summed E-state index contributed by atoms with van der Waals surface area (Å²) in [5, 5.41) is 3.01. The van der Waals surface area contributed by atoms with Gasteiger partial charge in [0.2, 0.25) is 0 Å². The van der Waals surface area contributed by atoms with Gasteiger partial charge in [-0.3, -0.25) is 0 Å². The Hall–Kier alpha value is -1.13. The highest BCUT2D eigenvalue weighted by molar-refractivity contribution is 6.30. The molecule has 106 valence electrons. The molecule has 0 fully saturated rings. The van der Waals surface area contributed by atoms with Crippen LogP contribution in [0.1, 0.15) is 32.4 Å². The third kappa shape index (κ3) is 4.48. The van der Waals surface area contributed by atoms with E-state index in [1.54, 1.807) is 13.0 Å². The van der Waals surface area contributed by atoms with Gasteiger partial charge in [0.1, 0.15) is 11.9 Å². The molecule has 1 rings (SSSR count). The number of ether oxygens (including phenoxy) is 1. The van der Waals surface area contributed by atoms with Crippen molar-refractivity contribution in [2.45, 2.75) is 26.8 Å². The molecule has 1 aromatic rings. The predicted molar refractivity (Wildman–Crippen MR) is 73.6 cm³/mol. The van der Waals surface area contributed by atoms with Gasteiger partial charge in [0.25, 0.3) is 0 Å². The molecule has 5 heteroatoms. The average molecular weight is 288 g/mol. The zero-order valence-electron chi connectivity index (χ0n) is 11.4. The molecule has 3 nitrogen and oxygen atoms in total. The maximum atomic E-state index is 14.0. The van der Waals surface area contributed by atoms with Crippen molar-refractivity contribution in [3.63, 3.8) is 0 Å². The molecule has 0 bridgehead atoms. The third-order valence-corrected chi connectivity index (χ3v) is 2.84. The predicted octanol–water partition coefficient (Wildman–Crippen LogP) is 3.33. The molecule has 0 aromatic heterocycles. The van der Waals surface area contributed by atoms with Gasteiger partial charge in [0.05, 0.1) is 11.6 Å². The number of carbonyl (C=O) groups excluding carboxylic acids is 1. The van der Waals surface area contributed by atoms with Crippen LogP contribution in [0.2, 0.25) is 5.02 Å². The summed E-state index contributed by atoms with van der Waals surface area (Å²) in [5.41, 5.74) is 0.214. The molecule has 19 heavy (non-hydrogen) atoms. The second kappa shape index (κ2) is 7.46. The summed E-state index contributed by atoms with van der Waals surface area (Å²) in [5.74, 6) is -0.748. The molecule has 0 amide bonds. The molecule has 0 aliphatic rings. The second-order valence-electron chi connectivity index (χ2n) is 4.63. The van der Waals surface area contributed by atoms with Crippen molar-refractivity contribution in [3.8, 4) is 0 Å². The highest BCUT2D eigenvalue weighted by atomic mass is 35.5. The van der Waals surface area contributed by atoms with Crippen molar-refractivity contribution in [1.29, 1.82) is 0 Å². The average Bonchev–Trinajstić information content (AvgIpc) is 2.34. The van der Waals surface area contributed by atoms with Crippen molar-refractivity contribution in [2.24, 2.45) is 5.92 Å². The number of nitrogens with one attached hydrogen (secondary N) is 1. The fraction of sp³-hybridized carbons (Fsp3) is 0.500. The van der Waals surface area contributed by atoms with Crippen LogP contribution < -0.4 is 5.32 Å². The lowest BCUT2D eigenvalue weighted by Gasteiger charge is -2.19. The SMILES string of the molecule is CCOC(=O)C(NCC(C)C)c1cccc(Cl)c1F. The maximum Gasteiger partial charge on any atom is 0.327 e. The lowest BCUT2D eigenvalue weighted by Crippen LogP contribution is -2.33. The van der Waals surface area contributed by atoms with Crippen LogP contribution in [0.3, 0.4) is 0 Å². The smallest absolute Gasteiger partial charge is 0.327 e. The fourth-order valence-corrected chi connectivity index (χ4v) is 1.82. The van der Waals surface area contributed by atoms with Crippen LogP contribution in [0, 0.1) is 11.7 Å². The minimum absolute atomic E-state index is 0.00172. The molecular weight excluding hydrogens is 269 g/mol. The molecule has 1 unspecified atom stereocenters. The first-order valence-electron chi connectivity index (χ1n) is 6.31. The highest BCUT2D eigenvalue weighted by Crippen LogP contribution is 2.24. The van der Waals surface area contributed by atoms with Crippen molar-refractivity contribution < 1.29 is 13.9 Å². The van der Waals surface area contributed by atoms with Crippen molar-refractivity contribution >= 4 is 17.6 Å². The molecule has 1 aromatic carbocycles. The number of benzene rings is 1. The van der Waals surface area contributed by atoms with Gasteiger partial charge < -0.3 is 10.1 Å². The summed E-state index contributed by atoms with van der Waals surface area (Å²) >= 11 is 5.75. The van der Waals surface area contributed by atoms with E-state index in [9.17, 15) is 9.18 Å². The number of rotatable bonds is 6. The Bertz CT molecular complexity index is 437. The Labute approximate surface area is 118 Å². The zero-order chi connectivity index (χ0) is 14.4. The summed E-state index contributed by atoms with van der Waals surface area (Å²) in [6.45, 7) is 6.55. The van der Waals surface area contributed by atoms with E-state index in [-0.39, 0.29) is 17.2 Å². The van der Waals surface area contributed by atoms with Crippen LogP contribution >= 0.6 is 11.6 Å². The summed E-state index contributed by atoms with van der Waals surface area (Å²) < 4.78 is 19.0. The first kappa shape index (κ1) is 15.9. The van der Waals surface area contributed by atoms with E-state index in [0.29, 0.717) is 12.5 Å². The van der Waals surface area contributed by atoms with Gasteiger partial charge in [-0.2, -0.15) is 0 Å². The number of esters is 1. The molecule has 0 spiro atoms. The number of carbonyl (C=O) groups is 1.